The Morgan fingerprint density at radius 1 is 0.941 bits per heavy atom. The van der Waals surface area contributed by atoms with Gasteiger partial charge in [0.1, 0.15) is 11.5 Å². The molecule has 0 aliphatic carbocycles. The maximum Gasteiger partial charge on any atom is 0.138 e. The molecule has 5 nitrogen and oxygen atoms in total. The number of aliphatic hydroxyl groups is 1. The average Bonchev–Trinajstić information content (AvgIpc) is 2.89. The predicted molar refractivity (Wildman–Crippen MR) is 141 cm³/mol. The highest BCUT2D eigenvalue weighted by Crippen LogP contribution is 2.35. The number of anilines is 1. The third-order valence-electron chi connectivity index (χ3n) is 6.94. The maximum absolute atomic E-state index is 11.5. The fourth-order valence-corrected chi connectivity index (χ4v) is 5.22. The summed E-state index contributed by atoms with van der Waals surface area (Å²) in [5.74, 6) is 1.54. The minimum absolute atomic E-state index is 0.0872. The Labute approximate surface area is 207 Å². The highest BCUT2D eigenvalue weighted by Gasteiger charge is 2.30. The van der Waals surface area contributed by atoms with Crippen LogP contribution in [-0.2, 0) is 0 Å². The van der Waals surface area contributed by atoms with Crippen LogP contribution in [0.1, 0.15) is 37.9 Å². The molecule has 0 spiro atoms. The van der Waals surface area contributed by atoms with Crippen molar-refractivity contribution in [3.63, 3.8) is 0 Å². The van der Waals surface area contributed by atoms with Crippen molar-refractivity contribution < 1.29 is 14.6 Å². The topological polar surface area (TPSA) is 45.2 Å². The second kappa shape index (κ2) is 11.3. The minimum Gasteiger partial charge on any atom is -0.497 e. The van der Waals surface area contributed by atoms with Crippen molar-refractivity contribution in [3.8, 4) is 11.5 Å². The van der Waals surface area contributed by atoms with Crippen LogP contribution in [0.5, 0.6) is 11.5 Å². The van der Waals surface area contributed by atoms with Crippen LogP contribution < -0.4 is 14.4 Å². The summed E-state index contributed by atoms with van der Waals surface area (Å²) in [6.07, 6.45) is 2.63. The Bertz CT molecular complexity index is 1080. The molecule has 1 heterocycles. The lowest BCUT2D eigenvalue weighted by Crippen LogP contribution is -2.52. The molecule has 6 heteroatoms. The van der Waals surface area contributed by atoms with Crippen LogP contribution in [-0.4, -0.2) is 56.4 Å². The van der Waals surface area contributed by atoms with Gasteiger partial charge in [0, 0.05) is 43.3 Å². The number of hydrogen-bond donors (Lipinski definition) is 1. The monoisotopic (exact) mass is 482 g/mol. The van der Waals surface area contributed by atoms with E-state index in [0.717, 1.165) is 67.5 Å². The van der Waals surface area contributed by atoms with Crippen molar-refractivity contribution in [2.75, 3.05) is 45.3 Å². The number of piperazine rings is 1. The second-order valence-corrected chi connectivity index (χ2v) is 9.32. The van der Waals surface area contributed by atoms with Crippen molar-refractivity contribution in [2.24, 2.45) is 0 Å². The number of hydrogen-bond acceptors (Lipinski definition) is 5. The molecule has 1 N–H and O–H groups in total. The number of ether oxygens (including phenoxy) is 2. The summed E-state index contributed by atoms with van der Waals surface area (Å²) in [6.45, 7) is 5.93. The van der Waals surface area contributed by atoms with E-state index in [9.17, 15) is 5.11 Å². The van der Waals surface area contributed by atoms with Gasteiger partial charge in [-0.25, -0.2) is 0 Å². The van der Waals surface area contributed by atoms with E-state index in [2.05, 4.69) is 34.9 Å². The van der Waals surface area contributed by atoms with Crippen molar-refractivity contribution in [3.05, 3.63) is 65.2 Å². The third-order valence-corrected chi connectivity index (χ3v) is 7.33. The standard InChI is InChI=1S/C28H35ClN2O3/c1-4-5-6-25(31-17-15-30(16-18-31)22-9-11-23(33-2)12-10-22)28(32)21-7-13-24-20(19-21)8-14-26(34-3)27(24)29/h7-14,19,25,28,32H,4-6,15-18H2,1-3H3/t25-,28-/m0/s1. The number of halogens is 1. The lowest BCUT2D eigenvalue weighted by molar-refractivity contribution is 0.0386. The van der Waals surface area contributed by atoms with Gasteiger partial charge in [0.05, 0.1) is 25.3 Å². The second-order valence-electron chi connectivity index (χ2n) is 8.94. The van der Waals surface area contributed by atoms with Gasteiger partial charge < -0.3 is 19.5 Å². The molecule has 0 bridgehead atoms. The van der Waals surface area contributed by atoms with Gasteiger partial charge in [0.2, 0.25) is 0 Å². The summed E-state index contributed by atoms with van der Waals surface area (Å²) in [5.41, 5.74) is 2.15. The molecule has 3 aromatic carbocycles. The Morgan fingerprint density at radius 3 is 2.32 bits per heavy atom. The molecule has 0 aromatic heterocycles. The zero-order valence-corrected chi connectivity index (χ0v) is 21.1. The molecular weight excluding hydrogens is 448 g/mol. The molecule has 1 fully saturated rings. The third kappa shape index (κ3) is 5.27. The highest BCUT2D eigenvalue weighted by atomic mass is 35.5. The molecule has 182 valence electrons. The number of fused-ring (bicyclic) bond motifs is 1. The molecule has 4 rings (SSSR count). The normalized spacial score (nSPS) is 16.4. The largest absolute Gasteiger partial charge is 0.497 e. The SMILES string of the molecule is CCCC[C@@H]([C@@H](O)c1ccc2c(Cl)c(OC)ccc2c1)N1CCN(c2ccc(OC)cc2)CC1. The number of nitrogens with zero attached hydrogens (tertiary/aromatic N) is 2. The summed E-state index contributed by atoms with van der Waals surface area (Å²) >= 11 is 6.50. The Balaban J connectivity index is 1.50. The van der Waals surface area contributed by atoms with Crippen LogP contribution in [0.2, 0.25) is 5.02 Å². The Hall–Kier alpha value is -2.47. The first-order valence-corrected chi connectivity index (χ1v) is 12.5. The van der Waals surface area contributed by atoms with Crippen molar-refractivity contribution in [2.45, 2.75) is 38.3 Å². The van der Waals surface area contributed by atoms with E-state index in [1.807, 2.05) is 36.4 Å². The first kappa shape index (κ1) is 24.6. The quantitative estimate of drug-likeness (QED) is 0.410. The maximum atomic E-state index is 11.5. The van der Waals surface area contributed by atoms with Gasteiger partial charge in [-0.15, -0.1) is 0 Å². The van der Waals surface area contributed by atoms with Gasteiger partial charge in [-0.1, -0.05) is 49.6 Å². The van der Waals surface area contributed by atoms with Crippen LogP contribution >= 0.6 is 11.6 Å². The van der Waals surface area contributed by atoms with E-state index in [1.54, 1.807) is 14.2 Å². The predicted octanol–water partition coefficient (Wildman–Crippen LogP) is 5.92. The van der Waals surface area contributed by atoms with Crippen molar-refractivity contribution >= 4 is 28.1 Å². The van der Waals surface area contributed by atoms with Gasteiger partial charge in [-0.2, -0.15) is 0 Å². The summed E-state index contributed by atoms with van der Waals surface area (Å²) < 4.78 is 10.6. The van der Waals surface area contributed by atoms with E-state index in [0.29, 0.717) is 10.8 Å². The average molecular weight is 483 g/mol. The van der Waals surface area contributed by atoms with Gasteiger partial charge in [-0.05, 0) is 53.8 Å². The van der Waals surface area contributed by atoms with Gasteiger partial charge in [0.15, 0.2) is 0 Å². The fraction of sp³-hybridized carbons (Fsp3) is 0.429. The van der Waals surface area contributed by atoms with Crippen LogP contribution in [0.15, 0.2) is 54.6 Å². The Kier molecular flexibility index (Phi) is 8.19. The minimum atomic E-state index is -0.552. The summed E-state index contributed by atoms with van der Waals surface area (Å²) in [6, 6.07) is 18.3. The molecule has 1 aliphatic rings. The summed E-state index contributed by atoms with van der Waals surface area (Å²) in [5, 5.41) is 14.1. The number of aliphatic hydroxyl groups excluding tert-OH is 1. The zero-order valence-electron chi connectivity index (χ0n) is 20.3. The van der Waals surface area contributed by atoms with Crippen LogP contribution in [0.3, 0.4) is 0 Å². The Morgan fingerprint density at radius 2 is 1.68 bits per heavy atom. The smallest absolute Gasteiger partial charge is 0.138 e. The van der Waals surface area contributed by atoms with E-state index >= 15 is 0 Å². The van der Waals surface area contributed by atoms with Crippen molar-refractivity contribution in [1.82, 2.24) is 4.90 Å². The van der Waals surface area contributed by atoms with Crippen LogP contribution in [0, 0.1) is 0 Å². The molecule has 1 saturated heterocycles. The molecule has 3 aromatic rings. The first-order valence-electron chi connectivity index (χ1n) is 12.1. The van der Waals surface area contributed by atoms with Crippen LogP contribution in [0.25, 0.3) is 10.8 Å². The fourth-order valence-electron chi connectivity index (χ4n) is 4.91. The summed E-state index contributed by atoms with van der Waals surface area (Å²) in [7, 11) is 3.31. The molecule has 1 aliphatic heterocycles. The molecular formula is C28H35ClN2O3. The van der Waals surface area contributed by atoms with E-state index < -0.39 is 6.10 Å². The summed E-state index contributed by atoms with van der Waals surface area (Å²) in [4.78, 5) is 4.87. The number of benzene rings is 3. The first-order chi connectivity index (χ1) is 16.5. The van der Waals surface area contributed by atoms with E-state index in [4.69, 9.17) is 21.1 Å². The number of unbranched alkanes of at least 4 members (excludes halogenated alkanes) is 1. The van der Waals surface area contributed by atoms with Gasteiger partial charge in [-0.3, -0.25) is 4.90 Å². The van der Waals surface area contributed by atoms with Crippen LogP contribution in [0.4, 0.5) is 5.69 Å². The molecule has 0 unspecified atom stereocenters. The molecule has 34 heavy (non-hydrogen) atoms. The number of rotatable bonds is 9. The molecule has 0 amide bonds. The van der Waals surface area contributed by atoms with Gasteiger partial charge >= 0.3 is 0 Å². The lowest BCUT2D eigenvalue weighted by atomic mass is 9.94. The highest BCUT2D eigenvalue weighted by molar-refractivity contribution is 6.37. The zero-order chi connectivity index (χ0) is 24.1. The van der Waals surface area contributed by atoms with E-state index in [1.165, 1.54) is 5.69 Å². The van der Waals surface area contributed by atoms with E-state index in [-0.39, 0.29) is 6.04 Å². The van der Waals surface area contributed by atoms with Crippen molar-refractivity contribution in [1.29, 1.82) is 0 Å². The van der Waals surface area contributed by atoms with Gasteiger partial charge in [0.25, 0.3) is 0 Å². The molecule has 2 atom stereocenters. The number of methoxy groups -OCH3 is 2. The molecule has 0 saturated carbocycles. The lowest BCUT2D eigenvalue weighted by Gasteiger charge is -2.42. The molecule has 0 radical (unpaired) electrons.